The Balaban J connectivity index is 1.13. The fourth-order valence-electron chi connectivity index (χ4n) is 7.68. The number of para-hydroxylation sites is 1. The zero-order valence-electron chi connectivity index (χ0n) is 28.9. The molecule has 0 aliphatic heterocycles. The molecule has 11 aromatic rings. The minimum atomic E-state index is 0.624. The van der Waals surface area contributed by atoms with Crippen LogP contribution in [0.5, 0.6) is 0 Å². The monoisotopic (exact) mass is 707 g/mol. The third-order valence-electron chi connectivity index (χ3n) is 10.3. The highest BCUT2D eigenvalue weighted by molar-refractivity contribution is 7.26. The Labute approximate surface area is 314 Å². The highest BCUT2D eigenvalue weighted by atomic mass is 32.1. The normalized spacial score (nSPS) is 11.7. The molecule has 3 aromatic heterocycles. The number of nitrogens with zero attached hydrogens (tertiary/aromatic N) is 3. The zero-order valence-corrected chi connectivity index (χ0v) is 29.7. The molecular formula is C49H29N3OS. The first kappa shape index (κ1) is 30.7. The highest BCUT2D eigenvalue weighted by Crippen LogP contribution is 2.41. The molecule has 0 atom stereocenters. The summed E-state index contributed by atoms with van der Waals surface area (Å²) in [6, 6.07) is 61.6. The van der Waals surface area contributed by atoms with Crippen molar-refractivity contribution in [3.63, 3.8) is 0 Å². The first-order chi connectivity index (χ1) is 26.7. The summed E-state index contributed by atoms with van der Waals surface area (Å²) >= 11 is 1.78. The summed E-state index contributed by atoms with van der Waals surface area (Å²) in [5.41, 5.74) is 8.92. The second kappa shape index (κ2) is 12.3. The van der Waals surface area contributed by atoms with Crippen LogP contribution in [0.3, 0.4) is 0 Å². The number of rotatable bonds is 5. The molecule has 0 radical (unpaired) electrons. The van der Waals surface area contributed by atoms with E-state index in [1.165, 1.54) is 25.6 Å². The fourth-order valence-corrected chi connectivity index (χ4v) is 8.89. The van der Waals surface area contributed by atoms with Gasteiger partial charge in [0.25, 0.3) is 0 Å². The molecular weight excluding hydrogens is 679 g/mol. The van der Waals surface area contributed by atoms with Gasteiger partial charge >= 0.3 is 0 Å². The van der Waals surface area contributed by atoms with E-state index in [-0.39, 0.29) is 0 Å². The van der Waals surface area contributed by atoms with Crippen molar-refractivity contribution >= 4 is 64.2 Å². The van der Waals surface area contributed by atoms with Crippen molar-refractivity contribution in [2.45, 2.75) is 0 Å². The number of hydrogen-bond donors (Lipinski definition) is 0. The maximum Gasteiger partial charge on any atom is 0.165 e. The maximum atomic E-state index is 6.28. The van der Waals surface area contributed by atoms with Crippen molar-refractivity contribution in [2.75, 3.05) is 0 Å². The molecule has 5 heteroatoms. The molecule has 0 saturated carbocycles. The molecule has 8 aromatic carbocycles. The molecule has 0 aliphatic rings. The van der Waals surface area contributed by atoms with Gasteiger partial charge in [-0.25, -0.2) is 15.0 Å². The van der Waals surface area contributed by atoms with Crippen LogP contribution in [0.15, 0.2) is 180 Å². The van der Waals surface area contributed by atoms with E-state index in [2.05, 4.69) is 158 Å². The van der Waals surface area contributed by atoms with E-state index in [1.807, 2.05) is 18.2 Å². The standard InChI is InChI=1S/C49H29N3OS/c1-2-12-31(13-3-1)42-28-33(34-23-25-37-36-15-6-8-19-43(36)53-44(37)29-34)24-26-40(42)48-50-47(35-22-21-30-11-4-5-14-32(30)27-35)51-49(52-48)41-18-10-17-39-38-16-7-9-20-45(38)54-46(39)41/h1-29H. The summed E-state index contributed by atoms with van der Waals surface area (Å²) in [5.74, 6) is 1.91. The molecule has 0 amide bonds. The molecule has 0 saturated heterocycles. The molecule has 0 spiro atoms. The van der Waals surface area contributed by atoms with Gasteiger partial charge in [0.05, 0.1) is 0 Å². The molecule has 0 N–H and O–H groups in total. The van der Waals surface area contributed by atoms with E-state index in [0.29, 0.717) is 17.5 Å². The summed E-state index contributed by atoms with van der Waals surface area (Å²) < 4.78 is 8.69. The largest absolute Gasteiger partial charge is 0.456 e. The van der Waals surface area contributed by atoms with Crippen molar-refractivity contribution in [3.8, 4) is 56.4 Å². The van der Waals surface area contributed by atoms with Crippen LogP contribution in [-0.4, -0.2) is 15.0 Å². The van der Waals surface area contributed by atoms with Crippen LogP contribution in [0.1, 0.15) is 0 Å². The van der Waals surface area contributed by atoms with Gasteiger partial charge in [-0.15, -0.1) is 11.3 Å². The zero-order chi connectivity index (χ0) is 35.6. The Hall–Kier alpha value is -6.95. The predicted molar refractivity (Wildman–Crippen MR) is 225 cm³/mol. The Morgan fingerprint density at radius 3 is 1.93 bits per heavy atom. The van der Waals surface area contributed by atoms with Gasteiger partial charge in [0, 0.05) is 47.6 Å². The van der Waals surface area contributed by atoms with E-state index in [9.17, 15) is 0 Å². The van der Waals surface area contributed by atoms with E-state index < -0.39 is 0 Å². The summed E-state index contributed by atoms with van der Waals surface area (Å²) in [6.07, 6.45) is 0. The summed E-state index contributed by atoms with van der Waals surface area (Å²) in [7, 11) is 0. The predicted octanol–water partition coefficient (Wildman–Crippen LogP) is 13.6. The summed E-state index contributed by atoms with van der Waals surface area (Å²) in [5, 5.41) is 7.00. The first-order valence-electron chi connectivity index (χ1n) is 18.0. The van der Waals surface area contributed by atoms with E-state index in [1.54, 1.807) is 11.3 Å². The Bertz CT molecular complexity index is 3230. The van der Waals surface area contributed by atoms with Crippen molar-refractivity contribution in [1.29, 1.82) is 0 Å². The smallest absolute Gasteiger partial charge is 0.165 e. The number of fused-ring (bicyclic) bond motifs is 7. The lowest BCUT2D eigenvalue weighted by molar-refractivity contribution is 0.669. The Morgan fingerprint density at radius 1 is 0.352 bits per heavy atom. The van der Waals surface area contributed by atoms with Gasteiger partial charge in [0.1, 0.15) is 11.2 Å². The van der Waals surface area contributed by atoms with E-state index >= 15 is 0 Å². The second-order valence-corrected chi connectivity index (χ2v) is 14.6. The summed E-state index contributed by atoms with van der Waals surface area (Å²) in [6.45, 7) is 0. The minimum Gasteiger partial charge on any atom is -0.456 e. The Morgan fingerprint density at radius 2 is 1.02 bits per heavy atom. The van der Waals surface area contributed by atoms with Crippen molar-refractivity contribution in [2.24, 2.45) is 0 Å². The van der Waals surface area contributed by atoms with Crippen LogP contribution in [-0.2, 0) is 0 Å². The van der Waals surface area contributed by atoms with E-state index in [4.69, 9.17) is 19.4 Å². The third-order valence-corrected chi connectivity index (χ3v) is 11.6. The average molecular weight is 708 g/mol. The van der Waals surface area contributed by atoms with Crippen molar-refractivity contribution in [1.82, 2.24) is 15.0 Å². The molecule has 0 fully saturated rings. The fraction of sp³-hybridized carbons (Fsp3) is 0. The highest BCUT2D eigenvalue weighted by Gasteiger charge is 2.20. The average Bonchev–Trinajstić information content (AvgIpc) is 3.82. The van der Waals surface area contributed by atoms with Gasteiger partial charge in [-0.1, -0.05) is 127 Å². The quantitative estimate of drug-likeness (QED) is 0.179. The lowest BCUT2D eigenvalue weighted by Gasteiger charge is -2.14. The second-order valence-electron chi connectivity index (χ2n) is 13.6. The van der Waals surface area contributed by atoms with Crippen LogP contribution >= 0.6 is 11.3 Å². The van der Waals surface area contributed by atoms with Gasteiger partial charge in [-0.2, -0.15) is 0 Å². The van der Waals surface area contributed by atoms with Crippen LogP contribution in [0.4, 0.5) is 0 Å². The molecule has 0 bridgehead atoms. The van der Waals surface area contributed by atoms with Gasteiger partial charge in [-0.3, -0.25) is 0 Å². The number of benzene rings is 8. The number of hydrogen-bond acceptors (Lipinski definition) is 5. The van der Waals surface area contributed by atoms with Crippen molar-refractivity contribution < 1.29 is 4.42 Å². The van der Waals surface area contributed by atoms with Crippen molar-refractivity contribution in [3.05, 3.63) is 176 Å². The Kier molecular flexibility index (Phi) is 7.00. The van der Waals surface area contributed by atoms with Crippen LogP contribution in [0, 0.1) is 0 Å². The molecule has 11 rings (SSSR count). The molecule has 0 aliphatic carbocycles. The minimum absolute atomic E-state index is 0.624. The number of aromatic nitrogens is 3. The topological polar surface area (TPSA) is 51.8 Å². The van der Waals surface area contributed by atoms with Crippen LogP contribution in [0.2, 0.25) is 0 Å². The SMILES string of the molecule is c1ccc(-c2cc(-c3ccc4c(c3)oc3ccccc34)ccc2-c2nc(-c3ccc4ccccc4c3)nc(-c3cccc4c3sc3ccccc34)n2)cc1. The lowest BCUT2D eigenvalue weighted by Crippen LogP contribution is -2.01. The van der Waals surface area contributed by atoms with Gasteiger partial charge in [0.15, 0.2) is 17.5 Å². The van der Waals surface area contributed by atoms with E-state index in [0.717, 1.165) is 66.3 Å². The molecule has 3 heterocycles. The lowest BCUT2D eigenvalue weighted by atomic mass is 9.93. The number of thiophene rings is 1. The van der Waals surface area contributed by atoms with Gasteiger partial charge < -0.3 is 4.42 Å². The van der Waals surface area contributed by atoms with Gasteiger partial charge in [-0.05, 0) is 81.6 Å². The third kappa shape index (κ3) is 5.09. The number of furan rings is 1. The first-order valence-corrected chi connectivity index (χ1v) is 18.8. The summed E-state index contributed by atoms with van der Waals surface area (Å²) in [4.78, 5) is 15.8. The van der Waals surface area contributed by atoms with Gasteiger partial charge in [0.2, 0.25) is 0 Å². The molecule has 0 unspecified atom stereocenters. The van der Waals surface area contributed by atoms with Crippen LogP contribution < -0.4 is 0 Å². The van der Waals surface area contributed by atoms with Crippen LogP contribution in [0.25, 0.3) is 109 Å². The molecule has 4 nitrogen and oxygen atoms in total. The molecule has 252 valence electrons. The molecule has 54 heavy (non-hydrogen) atoms. The maximum absolute atomic E-state index is 6.28.